The summed E-state index contributed by atoms with van der Waals surface area (Å²) in [7, 11) is 2.77. The van der Waals surface area contributed by atoms with E-state index < -0.39 is 0 Å². The number of hydrogen-bond donors (Lipinski definition) is 0. The molecule has 0 aromatic carbocycles. The summed E-state index contributed by atoms with van der Waals surface area (Å²) in [5, 5.41) is 0. The van der Waals surface area contributed by atoms with Crippen LogP contribution in [-0.4, -0.2) is 25.8 Å². The molecule has 294 valence electrons. The molecule has 4 nitrogen and oxygen atoms in total. The lowest BCUT2D eigenvalue weighted by Crippen LogP contribution is -2.24. The van der Waals surface area contributed by atoms with Gasteiger partial charge in [0.25, 0.3) is 0 Å². The van der Waals surface area contributed by atoms with Crippen molar-refractivity contribution in [1.82, 2.24) is 0 Å². The molecule has 0 N–H and O–H groups in total. The van der Waals surface area contributed by atoms with E-state index in [1.54, 1.807) is 6.92 Å². The highest BCUT2D eigenvalue weighted by Gasteiger charge is 2.34. The molecule has 0 atom stereocenters. The van der Waals surface area contributed by atoms with Crippen LogP contribution in [0.5, 0.6) is 0 Å². The summed E-state index contributed by atoms with van der Waals surface area (Å²) in [6.07, 6.45) is 34.7. The van der Waals surface area contributed by atoms with Crippen molar-refractivity contribution in [1.29, 1.82) is 0 Å². The van der Waals surface area contributed by atoms with Crippen molar-refractivity contribution in [2.75, 3.05) is 14.2 Å². The van der Waals surface area contributed by atoms with Crippen molar-refractivity contribution in [2.45, 2.75) is 166 Å². The smallest absolute Gasteiger partial charge is 0.228 e. The molecular formula is C49H74O4. The third kappa shape index (κ3) is 20.4. The molecule has 4 heteroatoms. The summed E-state index contributed by atoms with van der Waals surface area (Å²) in [6.45, 7) is 21.7. The molecule has 0 saturated heterocycles. The van der Waals surface area contributed by atoms with E-state index >= 15 is 0 Å². The molecule has 0 aliphatic heterocycles. The van der Waals surface area contributed by atoms with Crippen LogP contribution in [0.2, 0.25) is 0 Å². The van der Waals surface area contributed by atoms with E-state index in [-0.39, 0.29) is 23.1 Å². The maximum atomic E-state index is 12.9. The number of Topliss-reactive ketones (excluding diaryl/α,β-unsaturated/α-hetero) is 2. The maximum Gasteiger partial charge on any atom is 0.228 e. The Kier molecular flexibility index (Phi) is 24.1. The van der Waals surface area contributed by atoms with Crippen molar-refractivity contribution >= 4 is 11.6 Å². The largest absolute Gasteiger partial charge is 0.489 e. The van der Waals surface area contributed by atoms with Crippen LogP contribution in [0.15, 0.2) is 116 Å². The summed E-state index contributed by atoms with van der Waals surface area (Å²) in [6, 6.07) is 0. The zero-order chi connectivity index (χ0) is 39.8. The van der Waals surface area contributed by atoms with Gasteiger partial charge in [-0.3, -0.25) is 9.59 Å². The Morgan fingerprint density at radius 2 is 0.679 bits per heavy atom. The molecule has 1 aliphatic rings. The second kappa shape index (κ2) is 27.0. The van der Waals surface area contributed by atoms with Crippen molar-refractivity contribution in [3.63, 3.8) is 0 Å². The topological polar surface area (TPSA) is 52.6 Å². The van der Waals surface area contributed by atoms with Gasteiger partial charge in [0.2, 0.25) is 23.1 Å². The quantitative estimate of drug-likeness (QED) is 0.0694. The zero-order valence-electron chi connectivity index (χ0n) is 35.9. The van der Waals surface area contributed by atoms with E-state index in [1.807, 2.05) is 0 Å². The summed E-state index contributed by atoms with van der Waals surface area (Å²) in [4.78, 5) is 25.5. The molecule has 1 rings (SSSR count). The minimum atomic E-state index is -0.283. The molecule has 0 unspecified atom stereocenters. The highest BCUT2D eigenvalue weighted by Crippen LogP contribution is 2.28. The van der Waals surface area contributed by atoms with Crippen molar-refractivity contribution in [3.05, 3.63) is 116 Å². The highest BCUT2D eigenvalue weighted by atomic mass is 16.5. The average Bonchev–Trinajstić information content (AvgIpc) is 3.09. The first-order valence-electron chi connectivity index (χ1n) is 20.0. The Bertz CT molecular complexity index is 1520. The number of hydrogen-bond acceptors (Lipinski definition) is 4. The molecule has 0 fully saturated rings. The molecule has 0 radical (unpaired) electrons. The van der Waals surface area contributed by atoms with Crippen molar-refractivity contribution < 1.29 is 19.1 Å². The summed E-state index contributed by atoms with van der Waals surface area (Å²) < 4.78 is 10.3. The van der Waals surface area contributed by atoms with Crippen LogP contribution in [0.3, 0.4) is 0 Å². The van der Waals surface area contributed by atoms with Gasteiger partial charge in [-0.1, -0.05) is 93.2 Å². The van der Waals surface area contributed by atoms with Gasteiger partial charge in [0.1, 0.15) is 0 Å². The Morgan fingerprint density at radius 1 is 0.415 bits per heavy atom. The van der Waals surface area contributed by atoms with Crippen molar-refractivity contribution in [2.24, 2.45) is 0 Å². The van der Waals surface area contributed by atoms with Gasteiger partial charge in [-0.25, -0.2) is 0 Å². The van der Waals surface area contributed by atoms with Gasteiger partial charge in [0.05, 0.1) is 14.2 Å². The predicted molar refractivity (Wildman–Crippen MR) is 229 cm³/mol. The van der Waals surface area contributed by atoms with Crippen LogP contribution < -0.4 is 0 Å². The van der Waals surface area contributed by atoms with Gasteiger partial charge in [0.15, 0.2) is 0 Å². The van der Waals surface area contributed by atoms with Crippen molar-refractivity contribution in [3.8, 4) is 0 Å². The lowest BCUT2D eigenvalue weighted by atomic mass is 9.90. The Morgan fingerprint density at radius 3 is 0.962 bits per heavy atom. The lowest BCUT2D eigenvalue weighted by molar-refractivity contribution is -0.121. The number of methoxy groups -OCH3 is 2. The van der Waals surface area contributed by atoms with Crippen LogP contribution >= 0.6 is 0 Å². The molecule has 0 aromatic rings. The van der Waals surface area contributed by atoms with Crippen LogP contribution in [0.1, 0.15) is 166 Å². The van der Waals surface area contributed by atoms with E-state index in [9.17, 15) is 9.59 Å². The van der Waals surface area contributed by atoms with Crippen LogP contribution in [0, 0.1) is 0 Å². The van der Waals surface area contributed by atoms with Gasteiger partial charge in [-0.2, -0.15) is 0 Å². The number of carbonyl (C=O) groups excluding carboxylic acids is 2. The molecule has 0 amide bonds. The zero-order valence-corrected chi connectivity index (χ0v) is 35.9. The van der Waals surface area contributed by atoms with E-state index in [0.717, 1.165) is 77.0 Å². The maximum absolute atomic E-state index is 12.9. The second-order valence-corrected chi connectivity index (χ2v) is 15.4. The molecule has 0 bridgehead atoms. The molecule has 0 saturated carbocycles. The fourth-order valence-corrected chi connectivity index (χ4v) is 6.29. The number of carbonyl (C=O) groups is 2. The van der Waals surface area contributed by atoms with E-state index in [2.05, 4.69) is 111 Å². The third-order valence-corrected chi connectivity index (χ3v) is 10.0. The number of rotatable bonds is 25. The third-order valence-electron chi connectivity index (χ3n) is 10.0. The monoisotopic (exact) mass is 727 g/mol. The average molecular weight is 727 g/mol. The van der Waals surface area contributed by atoms with Gasteiger partial charge < -0.3 is 9.47 Å². The fourth-order valence-electron chi connectivity index (χ4n) is 6.29. The Balaban J connectivity index is 2.34. The molecule has 0 spiro atoms. The van der Waals surface area contributed by atoms with E-state index in [4.69, 9.17) is 9.47 Å². The van der Waals surface area contributed by atoms with Gasteiger partial charge in [-0.15, -0.1) is 0 Å². The molecule has 0 aromatic heterocycles. The van der Waals surface area contributed by atoms with Crippen LogP contribution in [0.25, 0.3) is 0 Å². The molecule has 1 aliphatic carbocycles. The molecular weight excluding hydrogens is 653 g/mol. The SMILES string of the molecule is COC1=C(OC)C(=O)C(CC=C(C)CC/C=C(\C)CC/C=C(\C)CCC=C(C)CC/C=C(\C)CC/C=C(\C)CC/C=C(\C)CCC=C(C)C)=C(C)C1=O. The summed E-state index contributed by atoms with van der Waals surface area (Å²) in [5.41, 5.74) is 12.4. The lowest BCUT2D eigenvalue weighted by Gasteiger charge is -2.19. The first kappa shape index (κ1) is 47.4. The first-order chi connectivity index (χ1) is 25.2. The second-order valence-electron chi connectivity index (χ2n) is 15.4. The molecule has 0 heterocycles. The van der Waals surface area contributed by atoms with E-state index in [1.165, 1.54) is 71.6 Å². The highest BCUT2D eigenvalue weighted by molar-refractivity contribution is 6.23. The van der Waals surface area contributed by atoms with Gasteiger partial charge in [0, 0.05) is 11.1 Å². The van der Waals surface area contributed by atoms with Gasteiger partial charge >= 0.3 is 0 Å². The predicted octanol–water partition coefficient (Wildman–Crippen LogP) is 14.4. The Hall–Kier alpha value is -3.66. The number of allylic oxidation sites excluding steroid dienone is 18. The molecule has 53 heavy (non-hydrogen) atoms. The van der Waals surface area contributed by atoms with Crippen LogP contribution in [-0.2, 0) is 19.1 Å². The van der Waals surface area contributed by atoms with Gasteiger partial charge in [-0.05, 0) is 166 Å². The van der Waals surface area contributed by atoms with E-state index in [0.29, 0.717) is 17.6 Å². The normalized spacial score (nSPS) is 15.9. The number of ether oxygens (including phenoxy) is 2. The standard InChI is InChI=1S/C49H74O4/c1-36(2)20-13-21-37(3)22-14-23-38(4)24-15-25-39(5)26-16-27-40(6)28-17-29-41(7)30-18-31-42(8)32-19-33-43(9)34-35-45-44(10)46(50)48(52-11)49(53-12)47(45)51/h20,22,24,26,28,30,32,34H,13-19,21,23,25,27,29,31,33,35H2,1-12H3/b37-22+,38-24+,39-26+,40-28?,41-30+,42-32+,43-34?. The summed E-state index contributed by atoms with van der Waals surface area (Å²) in [5.74, 6) is -0.571. The van der Waals surface area contributed by atoms with Crippen LogP contribution in [0.4, 0.5) is 0 Å². The Labute approximate surface area is 325 Å². The minimum absolute atomic E-state index is 0.00640. The minimum Gasteiger partial charge on any atom is -0.489 e. The summed E-state index contributed by atoms with van der Waals surface area (Å²) >= 11 is 0. The number of ketones is 2. The fraction of sp³-hybridized carbons (Fsp3) is 0.551. The first-order valence-corrected chi connectivity index (χ1v) is 20.0.